The molecule has 1 amide bonds. The summed E-state index contributed by atoms with van der Waals surface area (Å²) in [5.41, 5.74) is 1.45. The molecule has 0 radical (unpaired) electrons. The molecule has 5 aliphatic carbocycles. The molecule has 5 aliphatic rings. The Labute approximate surface area is 249 Å². The first-order chi connectivity index (χ1) is 18.8. The van der Waals surface area contributed by atoms with Gasteiger partial charge in [-0.25, -0.2) is 4.79 Å². The normalized spacial score (nSPS) is 45.3. The second kappa shape index (κ2) is 9.83. The second-order valence-corrected chi connectivity index (χ2v) is 17.7. The smallest absolute Gasteiger partial charge is 0.326 e. The minimum Gasteiger partial charge on any atom is -0.480 e. The summed E-state index contributed by atoms with van der Waals surface area (Å²) in [6.07, 6.45) is 12.8. The van der Waals surface area contributed by atoms with Crippen LogP contribution in [0.4, 0.5) is 0 Å². The molecule has 0 heterocycles. The molecule has 0 spiro atoms. The van der Waals surface area contributed by atoms with Gasteiger partial charge in [-0.1, -0.05) is 74.0 Å². The Morgan fingerprint density at radius 3 is 2.22 bits per heavy atom. The minimum absolute atomic E-state index is 0.0139. The van der Waals surface area contributed by atoms with Gasteiger partial charge in [-0.15, -0.1) is 0 Å². The van der Waals surface area contributed by atoms with Crippen molar-refractivity contribution in [2.45, 2.75) is 145 Å². The van der Waals surface area contributed by atoms with Crippen molar-refractivity contribution in [3.8, 4) is 0 Å². The first-order valence-electron chi connectivity index (χ1n) is 16.8. The van der Waals surface area contributed by atoms with Crippen molar-refractivity contribution in [1.82, 2.24) is 5.32 Å². The highest BCUT2D eigenvalue weighted by Crippen LogP contribution is 2.75. The van der Waals surface area contributed by atoms with E-state index >= 15 is 0 Å². The van der Waals surface area contributed by atoms with Gasteiger partial charge in [-0.05, 0) is 121 Å². The number of aliphatic carboxylic acids is 1. The molecular formula is C36H59NO4. The van der Waals surface area contributed by atoms with Crippen LogP contribution in [0.2, 0.25) is 0 Å². The largest absolute Gasteiger partial charge is 0.480 e. The fourth-order valence-electron chi connectivity index (χ4n) is 11.6. The minimum atomic E-state index is -0.922. The highest BCUT2D eigenvalue weighted by Gasteiger charge is 2.69. The third kappa shape index (κ3) is 4.48. The van der Waals surface area contributed by atoms with Crippen molar-refractivity contribution < 1.29 is 19.8 Å². The number of rotatable bonds is 5. The number of amides is 1. The molecule has 5 rings (SSSR count). The molecule has 0 saturated heterocycles. The number of hydrogen-bond acceptors (Lipinski definition) is 3. The molecule has 0 aromatic carbocycles. The van der Waals surface area contributed by atoms with Crippen LogP contribution in [0, 0.1) is 56.2 Å². The molecule has 0 bridgehead atoms. The standard InChI is InChI=1S/C36H59NO4/c1-22(2)20-25(29(39)40)37-30(41)36-18-16-31(3,4)21-24(36)23-10-11-27-33(7)14-13-28(38)32(5,6)26(33)12-15-35(27,9)34(23,8)17-19-36/h10,22,24-28,38H,11-21H2,1-9H3,(H,37,41)(H,39,40)/t24-,25-,26-,27+,28-,33-,34+,35+,36-/m0/s1. The number of fused-ring (bicyclic) bond motifs is 7. The van der Waals surface area contributed by atoms with E-state index < -0.39 is 17.4 Å². The Balaban J connectivity index is 1.54. The number of carbonyl (C=O) groups is 2. The van der Waals surface area contributed by atoms with E-state index in [9.17, 15) is 19.8 Å². The molecular weight excluding hydrogens is 510 g/mol. The number of hydrogen-bond donors (Lipinski definition) is 3. The van der Waals surface area contributed by atoms with Gasteiger partial charge in [-0.2, -0.15) is 0 Å². The average Bonchev–Trinajstić information content (AvgIpc) is 2.86. The summed E-state index contributed by atoms with van der Waals surface area (Å²) < 4.78 is 0. The van der Waals surface area contributed by atoms with E-state index in [0.29, 0.717) is 18.3 Å². The lowest BCUT2D eigenvalue weighted by Gasteiger charge is -2.71. The molecule has 0 aliphatic heterocycles. The van der Waals surface area contributed by atoms with E-state index in [2.05, 4.69) is 59.9 Å². The van der Waals surface area contributed by atoms with Gasteiger partial charge in [0.25, 0.3) is 0 Å². The second-order valence-electron chi connectivity index (χ2n) is 17.7. The summed E-state index contributed by atoms with van der Waals surface area (Å²) in [7, 11) is 0. The number of allylic oxidation sites excluding steroid dienone is 2. The molecule has 5 heteroatoms. The summed E-state index contributed by atoms with van der Waals surface area (Å²) in [4.78, 5) is 26.5. The summed E-state index contributed by atoms with van der Waals surface area (Å²) in [5, 5.41) is 24.0. The Morgan fingerprint density at radius 2 is 1.59 bits per heavy atom. The van der Waals surface area contributed by atoms with Gasteiger partial charge in [-0.3, -0.25) is 4.79 Å². The van der Waals surface area contributed by atoms with Crippen LogP contribution in [-0.4, -0.2) is 34.2 Å². The molecule has 0 aromatic heterocycles. The fourth-order valence-corrected chi connectivity index (χ4v) is 11.6. The van der Waals surface area contributed by atoms with Crippen LogP contribution in [0.3, 0.4) is 0 Å². The van der Waals surface area contributed by atoms with Crippen molar-refractivity contribution in [3.05, 3.63) is 11.6 Å². The Morgan fingerprint density at radius 1 is 0.927 bits per heavy atom. The van der Waals surface area contributed by atoms with Crippen LogP contribution in [0.1, 0.15) is 133 Å². The van der Waals surface area contributed by atoms with Crippen molar-refractivity contribution in [1.29, 1.82) is 0 Å². The summed E-state index contributed by atoms with van der Waals surface area (Å²) in [6.45, 7) is 21.0. The molecule has 0 aromatic rings. The van der Waals surface area contributed by atoms with Crippen LogP contribution < -0.4 is 5.32 Å². The lowest BCUT2D eigenvalue weighted by Crippen LogP contribution is -2.65. The molecule has 0 unspecified atom stereocenters. The SMILES string of the molecule is CC(C)C[C@H](NC(=O)[C@]12CCC(C)(C)C[C@H]1C1=CC[C@@H]3[C@@]4(C)CC[C@H](O)C(C)(C)[C@@H]4CC[C@@]3(C)[C@]1(C)CC2)C(=O)O. The van der Waals surface area contributed by atoms with E-state index in [1.165, 1.54) is 12.0 Å². The van der Waals surface area contributed by atoms with E-state index in [1.54, 1.807) is 0 Å². The Kier molecular flexibility index (Phi) is 7.45. The summed E-state index contributed by atoms with van der Waals surface area (Å²) in [6, 6.07) is -0.830. The van der Waals surface area contributed by atoms with Gasteiger partial charge in [0.1, 0.15) is 6.04 Å². The van der Waals surface area contributed by atoms with E-state index in [4.69, 9.17) is 0 Å². The van der Waals surface area contributed by atoms with Crippen molar-refractivity contribution >= 4 is 11.9 Å². The number of aliphatic hydroxyl groups is 1. The molecule has 3 N–H and O–H groups in total. The van der Waals surface area contributed by atoms with Crippen LogP contribution in [-0.2, 0) is 9.59 Å². The van der Waals surface area contributed by atoms with Gasteiger partial charge in [0.05, 0.1) is 11.5 Å². The molecule has 9 atom stereocenters. The Bertz CT molecular complexity index is 1110. The highest BCUT2D eigenvalue weighted by atomic mass is 16.4. The lowest BCUT2D eigenvalue weighted by atomic mass is 9.33. The van der Waals surface area contributed by atoms with Gasteiger partial charge in [0, 0.05) is 0 Å². The Hall–Kier alpha value is -1.36. The molecule has 232 valence electrons. The van der Waals surface area contributed by atoms with Gasteiger partial charge in [0.2, 0.25) is 5.91 Å². The zero-order valence-corrected chi connectivity index (χ0v) is 27.5. The molecule has 4 saturated carbocycles. The highest BCUT2D eigenvalue weighted by molar-refractivity contribution is 5.88. The topological polar surface area (TPSA) is 86.6 Å². The van der Waals surface area contributed by atoms with E-state index in [-0.39, 0.29) is 50.9 Å². The third-order valence-electron chi connectivity index (χ3n) is 14.4. The first-order valence-corrected chi connectivity index (χ1v) is 16.8. The monoisotopic (exact) mass is 569 g/mol. The molecule has 4 fully saturated rings. The molecule has 5 nitrogen and oxygen atoms in total. The average molecular weight is 570 g/mol. The summed E-state index contributed by atoms with van der Waals surface area (Å²) in [5.74, 6) is 0.506. The number of aliphatic hydroxyl groups excluding tert-OH is 1. The van der Waals surface area contributed by atoms with Crippen LogP contribution in [0.15, 0.2) is 11.6 Å². The number of carbonyl (C=O) groups excluding carboxylic acids is 1. The van der Waals surface area contributed by atoms with Crippen LogP contribution in [0.25, 0.3) is 0 Å². The number of carboxylic acids is 1. The van der Waals surface area contributed by atoms with Crippen molar-refractivity contribution in [2.75, 3.05) is 0 Å². The van der Waals surface area contributed by atoms with Crippen molar-refractivity contribution in [2.24, 2.45) is 56.2 Å². The zero-order chi connectivity index (χ0) is 30.4. The quantitative estimate of drug-likeness (QED) is 0.295. The van der Waals surface area contributed by atoms with Crippen LogP contribution >= 0.6 is 0 Å². The number of nitrogens with one attached hydrogen (secondary N) is 1. The maximum atomic E-state index is 14.3. The lowest BCUT2D eigenvalue weighted by molar-refractivity contribution is -0.203. The van der Waals surface area contributed by atoms with Crippen LogP contribution in [0.5, 0.6) is 0 Å². The predicted molar refractivity (Wildman–Crippen MR) is 164 cm³/mol. The maximum Gasteiger partial charge on any atom is 0.326 e. The van der Waals surface area contributed by atoms with E-state index in [1.807, 2.05) is 13.8 Å². The van der Waals surface area contributed by atoms with Crippen molar-refractivity contribution in [3.63, 3.8) is 0 Å². The summed E-state index contributed by atoms with van der Waals surface area (Å²) >= 11 is 0. The zero-order valence-electron chi connectivity index (χ0n) is 27.5. The molecule has 41 heavy (non-hydrogen) atoms. The van der Waals surface area contributed by atoms with E-state index in [0.717, 1.165) is 57.8 Å². The van der Waals surface area contributed by atoms with Gasteiger partial charge >= 0.3 is 5.97 Å². The van der Waals surface area contributed by atoms with Gasteiger partial charge < -0.3 is 15.5 Å². The third-order valence-corrected chi connectivity index (χ3v) is 14.4. The van der Waals surface area contributed by atoms with Gasteiger partial charge in [0.15, 0.2) is 0 Å². The fraction of sp³-hybridized carbons (Fsp3) is 0.889. The maximum absolute atomic E-state index is 14.3. The predicted octanol–water partition coefficient (Wildman–Crippen LogP) is 7.76. The number of carboxylic acid groups (broad SMARTS) is 1. The first kappa shape index (κ1) is 31.1.